The van der Waals surface area contributed by atoms with Crippen molar-refractivity contribution in [3.8, 4) is 11.5 Å². The predicted molar refractivity (Wildman–Crippen MR) is 191 cm³/mol. The molecule has 8 heteroatoms. The van der Waals surface area contributed by atoms with Crippen LogP contribution in [-0.4, -0.2) is 23.8 Å². The van der Waals surface area contributed by atoms with E-state index in [4.69, 9.17) is 19.2 Å². The lowest BCUT2D eigenvalue weighted by atomic mass is 9.95. The van der Waals surface area contributed by atoms with Gasteiger partial charge in [0.2, 0.25) is 0 Å². The lowest BCUT2D eigenvalue weighted by Gasteiger charge is -2.24. The number of aromatic nitrogens is 1. The van der Waals surface area contributed by atoms with Crippen molar-refractivity contribution in [1.29, 1.82) is 0 Å². The number of esters is 1. The Labute approximate surface area is 283 Å². The van der Waals surface area contributed by atoms with Crippen LogP contribution >= 0.6 is 11.3 Å². The molecule has 0 saturated heterocycles. The van der Waals surface area contributed by atoms with Crippen molar-refractivity contribution in [2.75, 3.05) is 13.2 Å². The van der Waals surface area contributed by atoms with Gasteiger partial charge in [-0.1, -0.05) is 89.7 Å². The van der Waals surface area contributed by atoms with E-state index in [9.17, 15) is 9.59 Å². The van der Waals surface area contributed by atoms with Crippen molar-refractivity contribution >= 4 is 34.2 Å². The summed E-state index contributed by atoms with van der Waals surface area (Å²) >= 11 is 1.29. The maximum atomic E-state index is 14.2. The summed E-state index contributed by atoms with van der Waals surface area (Å²) in [5.41, 5.74) is 5.30. The number of hydrogen-bond donors (Lipinski definition) is 0. The molecule has 2 heterocycles. The third-order valence-electron chi connectivity index (χ3n) is 8.28. The second kappa shape index (κ2) is 14.3. The average molecular weight is 659 g/mol. The fourth-order valence-electron chi connectivity index (χ4n) is 6.08. The van der Waals surface area contributed by atoms with E-state index in [1.165, 1.54) is 11.3 Å². The largest absolute Gasteiger partial charge is 0.490 e. The summed E-state index contributed by atoms with van der Waals surface area (Å²) in [6.07, 6.45) is 4.22. The van der Waals surface area contributed by atoms with Gasteiger partial charge < -0.3 is 14.2 Å². The average Bonchev–Trinajstić information content (AvgIpc) is 3.38. The minimum atomic E-state index is -0.664. The summed E-state index contributed by atoms with van der Waals surface area (Å²) in [4.78, 5) is 32.6. The van der Waals surface area contributed by atoms with Gasteiger partial charge in [-0.15, -0.1) is 6.58 Å². The molecule has 0 unspecified atom stereocenters. The van der Waals surface area contributed by atoms with E-state index in [1.807, 2.05) is 80.6 Å². The molecule has 1 atom stereocenters. The quantitative estimate of drug-likeness (QED) is 0.113. The molecule has 1 aliphatic rings. The summed E-state index contributed by atoms with van der Waals surface area (Å²) in [5, 5.41) is 2.29. The van der Waals surface area contributed by atoms with Gasteiger partial charge in [-0.05, 0) is 79.8 Å². The minimum absolute atomic E-state index is 0.220. The van der Waals surface area contributed by atoms with E-state index in [1.54, 1.807) is 18.4 Å². The Bertz CT molecular complexity index is 2220. The van der Waals surface area contributed by atoms with Crippen molar-refractivity contribution in [3.05, 3.63) is 150 Å². The van der Waals surface area contributed by atoms with Crippen LogP contribution in [0, 0.1) is 6.92 Å². The molecule has 0 N–H and O–H groups in total. The van der Waals surface area contributed by atoms with Crippen LogP contribution in [0.2, 0.25) is 0 Å². The van der Waals surface area contributed by atoms with E-state index in [0.717, 1.165) is 38.6 Å². The summed E-state index contributed by atoms with van der Waals surface area (Å²) in [6.45, 7) is 12.5. The van der Waals surface area contributed by atoms with Crippen LogP contribution in [0.1, 0.15) is 54.6 Å². The van der Waals surface area contributed by atoms with Gasteiger partial charge in [0.1, 0.15) is 6.61 Å². The van der Waals surface area contributed by atoms with Gasteiger partial charge in [0.25, 0.3) is 5.56 Å². The molecule has 5 aromatic rings. The van der Waals surface area contributed by atoms with Crippen LogP contribution in [0.5, 0.6) is 11.5 Å². The zero-order valence-corrected chi connectivity index (χ0v) is 28.4. The first-order valence-corrected chi connectivity index (χ1v) is 16.9. The molecule has 244 valence electrons. The first kappa shape index (κ1) is 32.7. The molecule has 0 aliphatic carbocycles. The Balaban J connectivity index is 1.44. The highest BCUT2D eigenvalue weighted by molar-refractivity contribution is 7.07. The fraction of sp³-hybridized carbons (Fsp3) is 0.225. The molecule has 1 aliphatic heterocycles. The molecule has 48 heavy (non-hydrogen) atoms. The zero-order chi connectivity index (χ0) is 33.8. The summed E-state index contributed by atoms with van der Waals surface area (Å²) in [5.74, 6) is 0.763. The molecular weight excluding hydrogens is 621 g/mol. The molecule has 0 radical (unpaired) electrons. The highest BCUT2D eigenvalue weighted by Gasteiger charge is 2.33. The maximum Gasteiger partial charge on any atom is 0.338 e. The summed E-state index contributed by atoms with van der Waals surface area (Å²) in [6, 6.07) is 25.5. The van der Waals surface area contributed by atoms with Crippen LogP contribution in [-0.2, 0) is 22.6 Å². The number of nitrogens with zero attached hydrogens (tertiary/aromatic N) is 2. The second-order valence-electron chi connectivity index (χ2n) is 11.6. The molecule has 4 aromatic carbocycles. The normalized spacial score (nSPS) is 14.4. The first-order chi connectivity index (χ1) is 23.3. The number of benzene rings is 4. The fourth-order valence-corrected chi connectivity index (χ4v) is 7.12. The highest BCUT2D eigenvalue weighted by Crippen LogP contribution is 2.36. The maximum absolute atomic E-state index is 14.2. The smallest absolute Gasteiger partial charge is 0.338 e. The van der Waals surface area contributed by atoms with Gasteiger partial charge in [0.05, 0.1) is 35.1 Å². The lowest BCUT2D eigenvalue weighted by molar-refractivity contribution is -0.139. The number of carbonyl (C=O) groups is 1. The second-order valence-corrected chi connectivity index (χ2v) is 12.6. The number of fused-ring (bicyclic) bond motifs is 2. The van der Waals surface area contributed by atoms with Crippen LogP contribution < -0.4 is 24.4 Å². The Morgan fingerprint density at radius 2 is 1.73 bits per heavy atom. The monoisotopic (exact) mass is 658 g/mol. The van der Waals surface area contributed by atoms with Crippen LogP contribution in [0.25, 0.3) is 16.8 Å². The van der Waals surface area contributed by atoms with E-state index in [0.29, 0.717) is 51.7 Å². The standard InChI is InChI=1S/C40H38N2O5S/c1-6-12-30-21-27(22-33(45-7-2)37(30)47-24-31-15-11-14-28-13-9-10-16-32(28)31)23-34-38(43)42-36(29-19-17-25(4)18-20-29)35(39(44)46-8-3)26(5)41-40(42)48-34/h6,9-11,13-23,36H,1,7-8,12,24H2,2-5H3/b34-23+/t36-/m1/s1. The number of aryl methyl sites for hydroxylation is 1. The molecule has 0 saturated carbocycles. The number of allylic oxidation sites excluding steroid dienone is 2. The van der Waals surface area contributed by atoms with Crippen LogP contribution in [0.15, 0.2) is 113 Å². The van der Waals surface area contributed by atoms with Crippen molar-refractivity contribution in [2.45, 2.75) is 46.8 Å². The van der Waals surface area contributed by atoms with E-state index < -0.39 is 12.0 Å². The van der Waals surface area contributed by atoms with Gasteiger partial charge in [-0.3, -0.25) is 9.36 Å². The molecular formula is C40H38N2O5S. The SMILES string of the molecule is C=CCc1cc(/C=c2/sc3n(c2=O)[C@H](c2ccc(C)cc2)C(C(=O)OCC)=C(C)N=3)cc(OCC)c1OCc1cccc2ccccc12. The van der Waals surface area contributed by atoms with Crippen LogP contribution in [0.3, 0.4) is 0 Å². The van der Waals surface area contributed by atoms with Crippen LogP contribution in [0.4, 0.5) is 0 Å². The van der Waals surface area contributed by atoms with Crippen molar-refractivity contribution < 1.29 is 19.0 Å². The predicted octanol–water partition coefficient (Wildman–Crippen LogP) is 6.97. The Hall–Kier alpha value is -5.21. The number of rotatable bonds is 11. The number of hydrogen-bond acceptors (Lipinski definition) is 7. The minimum Gasteiger partial charge on any atom is -0.490 e. The topological polar surface area (TPSA) is 79.1 Å². The van der Waals surface area contributed by atoms with Gasteiger partial charge in [0.15, 0.2) is 16.3 Å². The molecule has 0 spiro atoms. The zero-order valence-electron chi connectivity index (χ0n) is 27.6. The van der Waals surface area contributed by atoms with Crippen molar-refractivity contribution in [3.63, 3.8) is 0 Å². The van der Waals surface area contributed by atoms with Gasteiger partial charge in [-0.2, -0.15) is 0 Å². The molecule has 7 nitrogen and oxygen atoms in total. The molecule has 0 amide bonds. The molecule has 1 aromatic heterocycles. The molecule has 0 bridgehead atoms. The summed E-state index contributed by atoms with van der Waals surface area (Å²) in [7, 11) is 0. The third-order valence-corrected chi connectivity index (χ3v) is 9.26. The van der Waals surface area contributed by atoms with Gasteiger partial charge >= 0.3 is 5.97 Å². The number of thiazole rings is 1. The Kier molecular flexibility index (Phi) is 9.73. The van der Waals surface area contributed by atoms with E-state index in [-0.39, 0.29) is 12.2 Å². The Morgan fingerprint density at radius 3 is 2.48 bits per heavy atom. The molecule has 6 rings (SSSR count). The van der Waals surface area contributed by atoms with E-state index >= 15 is 0 Å². The van der Waals surface area contributed by atoms with E-state index in [2.05, 4.69) is 30.8 Å². The number of carbonyl (C=O) groups excluding carboxylic acids is 1. The molecule has 0 fully saturated rings. The van der Waals surface area contributed by atoms with Crippen molar-refractivity contribution in [1.82, 2.24) is 4.57 Å². The summed E-state index contributed by atoms with van der Waals surface area (Å²) < 4.78 is 20.1. The first-order valence-electron chi connectivity index (χ1n) is 16.1. The van der Waals surface area contributed by atoms with Gasteiger partial charge in [0, 0.05) is 5.56 Å². The lowest BCUT2D eigenvalue weighted by Crippen LogP contribution is -2.39. The Morgan fingerprint density at radius 1 is 0.958 bits per heavy atom. The third kappa shape index (κ3) is 6.49. The van der Waals surface area contributed by atoms with Crippen molar-refractivity contribution in [2.24, 2.45) is 4.99 Å². The number of ether oxygens (including phenoxy) is 3. The van der Waals surface area contributed by atoms with Gasteiger partial charge in [-0.25, -0.2) is 9.79 Å². The highest BCUT2D eigenvalue weighted by atomic mass is 32.1.